The van der Waals surface area contributed by atoms with Gasteiger partial charge < -0.3 is 25.2 Å². The number of carbonyl (C=O) groups excluding carboxylic acids is 1. The van der Waals surface area contributed by atoms with Crippen LogP contribution in [0.15, 0.2) is 47.4 Å². The Balaban J connectivity index is 0.000000542. The van der Waals surface area contributed by atoms with E-state index in [1.807, 2.05) is 0 Å². The number of carboxylic acid groups (broad SMARTS) is 4. The van der Waals surface area contributed by atoms with Crippen molar-refractivity contribution >= 4 is 34.0 Å². The molecule has 0 radical (unpaired) electrons. The average Bonchev–Trinajstić information content (AvgIpc) is 2.60. The molecule has 0 aliphatic carbocycles. The Morgan fingerprint density at radius 1 is 0.724 bits per heavy atom. The molecule has 0 bridgehead atoms. The first-order valence-corrected chi connectivity index (χ1v) is 8.42. The van der Waals surface area contributed by atoms with Gasteiger partial charge in [-0.25, -0.2) is 14.4 Å². The Morgan fingerprint density at radius 3 is 1.38 bits per heavy atom. The SMILES string of the molecule is O=C(O)c1ccc(C(=O)O)cc1.O=C([O-])c1cccc(C(=O)O)c1S(=O)(=O)O.[Na+]. The van der Waals surface area contributed by atoms with E-state index >= 15 is 0 Å². The fourth-order valence-electron chi connectivity index (χ4n) is 1.90. The monoisotopic (exact) mass is 434 g/mol. The first kappa shape index (κ1) is 26.2. The van der Waals surface area contributed by atoms with Crippen LogP contribution < -0.4 is 34.7 Å². The fourth-order valence-corrected chi connectivity index (χ4v) is 2.76. The van der Waals surface area contributed by atoms with Crippen LogP contribution in [0, 0.1) is 0 Å². The number of benzene rings is 2. The number of hydrogen-bond acceptors (Lipinski definition) is 7. The van der Waals surface area contributed by atoms with Gasteiger partial charge >= 0.3 is 47.5 Å². The van der Waals surface area contributed by atoms with Crippen LogP contribution in [0.3, 0.4) is 0 Å². The standard InChI is InChI=1S/C8H6O7S.C8H6O4.Na/c9-7(10)4-2-1-3-5(8(11)12)6(4)16(13,14)15;9-7(10)5-1-2-6(4-3-5)8(11)12;/h1-3H,(H,9,10)(H,11,12)(H,13,14,15);1-4H,(H,9,10)(H,11,12);/q;;+1/p-1. The Hall–Kier alpha value is -2.77. The molecular weight excluding hydrogens is 423 g/mol. The van der Waals surface area contributed by atoms with Crippen molar-refractivity contribution in [2.45, 2.75) is 4.90 Å². The van der Waals surface area contributed by atoms with E-state index in [0.29, 0.717) is 0 Å². The molecule has 0 unspecified atom stereocenters. The van der Waals surface area contributed by atoms with E-state index in [2.05, 4.69) is 0 Å². The second kappa shape index (κ2) is 10.7. The van der Waals surface area contributed by atoms with E-state index in [1.165, 1.54) is 24.3 Å². The van der Waals surface area contributed by atoms with Gasteiger partial charge in [0.2, 0.25) is 0 Å². The Labute approximate surface area is 185 Å². The van der Waals surface area contributed by atoms with Crippen LogP contribution in [-0.4, -0.2) is 52.2 Å². The van der Waals surface area contributed by atoms with Crippen molar-refractivity contribution in [1.29, 1.82) is 0 Å². The summed E-state index contributed by atoms with van der Waals surface area (Å²) >= 11 is 0. The molecule has 11 nitrogen and oxygen atoms in total. The van der Waals surface area contributed by atoms with Crippen LogP contribution >= 0.6 is 0 Å². The van der Waals surface area contributed by atoms with Crippen LogP contribution in [-0.2, 0) is 10.1 Å². The van der Waals surface area contributed by atoms with E-state index < -0.39 is 50.0 Å². The van der Waals surface area contributed by atoms with Crippen LogP contribution in [0.5, 0.6) is 0 Å². The number of carbonyl (C=O) groups is 4. The van der Waals surface area contributed by atoms with Crippen molar-refractivity contribution < 1.29 is 82.1 Å². The molecule has 0 fully saturated rings. The Bertz CT molecular complexity index is 978. The van der Waals surface area contributed by atoms with Gasteiger partial charge in [0.05, 0.1) is 22.7 Å². The van der Waals surface area contributed by atoms with E-state index in [9.17, 15) is 32.7 Å². The van der Waals surface area contributed by atoms with E-state index in [-0.39, 0.29) is 40.7 Å². The number of rotatable bonds is 5. The normalized spacial score (nSPS) is 9.97. The van der Waals surface area contributed by atoms with Gasteiger partial charge in [-0.05, 0) is 30.3 Å². The fraction of sp³-hybridized carbons (Fsp3) is 0. The number of hydrogen-bond donors (Lipinski definition) is 4. The third kappa shape index (κ3) is 7.29. The molecule has 0 spiro atoms. The molecule has 0 heterocycles. The van der Waals surface area contributed by atoms with Crippen molar-refractivity contribution in [3.8, 4) is 0 Å². The third-order valence-electron chi connectivity index (χ3n) is 3.10. The number of carboxylic acids is 4. The maximum atomic E-state index is 10.9. The molecule has 0 saturated carbocycles. The summed E-state index contributed by atoms with van der Waals surface area (Å²) in [4.78, 5) is 40.7. The molecule has 0 saturated heterocycles. The molecule has 4 N–H and O–H groups in total. The summed E-state index contributed by atoms with van der Waals surface area (Å²) in [7, 11) is -4.96. The van der Waals surface area contributed by atoms with E-state index in [1.54, 1.807) is 0 Å². The molecule has 0 aliphatic heterocycles. The van der Waals surface area contributed by atoms with Gasteiger partial charge in [0, 0.05) is 5.56 Å². The summed E-state index contributed by atoms with van der Waals surface area (Å²) in [5, 5.41) is 36.1. The van der Waals surface area contributed by atoms with Crippen molar-refractivity contribution in [3.05, 3.63) is 64.7 Å². The predicted molar refractivity (Wildman–Crippen MR) is 87.9 cm³/mol. The molecular formula is C16H11NaO11S. The third-order valence-corrected chi connectivity index (χ3v) is 4.06. The van der Waals surface area contributed by atoms with Crippen LogP contribution in [0.25, 0.3) is 0 Å². The summed E-state index contributed by atoms with van der Waals surface area (Å²) in [5.41, 5.74) is -1.56. The smallest absolute Gasteiger partial charge is 0.545 e. The van der Waals surface area contributed by atoms with Crippen molar-refractivity contribution in [2.75, 3.05) is 0 Å². The predicted octanol–water partition coefficient (Wildman–Crippen LogP) is -2.92. The molecule has 2 aromatic carbocycles. The summed E-state index contributed by atoms with van der Waals surface area (Å²) in [5.74, 6) is -5.69. The summed E-state index contributed by atoms with van der Waals surface area (Å²) in [6.07, 6.45) is 0. The zero-order valence-corrected chi connectivity index (χ0v) is 17.4. The topological polar surface area (TPSA) is 206 Å². The summed E-state index contributed by atoms with van der Waals surface area (Å²) in [6, 6.07) is 7.74. The van der Waals surface area contributed by atoms with Gasteiger partial charge in [-0.15, -0.1) is 0 Å². The Kier molecular flexibility index (Phi) is 9.67. The first-order chi connectivity index (χ1) is 12.9. The molecule has 0 aliphatic rings. The molecule has 13 heteroatoms. The van der Waals surface area contributed by atoms with E-state index in [4.69, 9.17) is 19.9 Å². The molecule has 0 atom stereocenters. The van der Waals surface area contributed by atoms with Gasteiger partial charge in [-0.2, -0.15) is 8.42 Å². The molecule has 29 heavy (non-hydrogen) atoms. The second-order valence-electron chi connectivity index (χ2n) is 4.94. The minimum Gasteiger partial charge on any atom is -0.545 e. The van der Waals surface area contributed by atoms with Crippen molar-refractivity contribution in [3.63, 3.8) is 0 Å². The number of aromatic carboxylic acids is 4. The molecule has 148 valence electrons. The van der Waals surface area contributed by atoms with Crippen molar-refractivity contribution in [1.82, 2.24) is 0 Å². The first-order valence-electron chi connectivity index (χ1n) is 6.98. The van der Waals surface area contributed by atoms with Crippen molar-refractivity contribution in [2.24, 2.45) is 0 Å². The Morgan fingerprint density at radius 2 is 1.10 bits per heavy atom. The zero-order valence-electron chi connectivity index (χ0n) is 14.6. The average molecular weight is 434 g/mol. The van der Waals surface area contributed by atoms with E-state index in [0.717, 1.165) is 18.2 Å². The minimum absolute atomic E-state index is 0. The van der Waals surface area contributed by atoms with Crippen LogP contribution in [0.2, 0.25) is 0 Å². The minimum atomic E-state index is -4.96. The van der Waals surface area contributed by atoms with Gasteiger partial charge in [0.1, 0.15) is 4.90 Å². The molecule has 0 amide bonds. The van der Waals surface area contributed by atoms with Crippen LogP contribution in [0.1, 0.15) is 41.4 Å². The van der Waals surface area contributed by atoms with Gasteiger partial charge in [-0.3, -0.25) is 4.55 Å². The van der Waals surface area contributed by atoms with Gasteiger partial charge in [0.25, 0.3) is 10.1 Å². The van der Waals surface area contributed by atoms with Crippen LogP contribution in [0.4, 0.5) is 0 Å². The molecule has 2 aromatic rings. The van der Waals surface area contributed by atoms with Gasteiger partial charge in [-0.1, -0.05) is 12.1 Å². The summed E-state index contributed by atoms with van der Waals surface area (Å²) in [6.45, 7) is 0. The quantitative estimate of drug-likeness (QED) is 0.277. The zero-order chi connectivity index (χ0) is 21.6. The maximum absolute atomic E-state index is 10.9. The maximum Gasteiger partial charge on any atom is 1.00 e. The summed E-state index contributed by atoms with van der Waals surface area (Å²) < 4.78 is 30.5. The largest absolute Gasteiger partial charge is 1.00 e. The van der Waals surface area contributed by atoms with Gasteiger partial charge in [0.15, 0.2) is 0 Å². The second-order valence-corrected chi connectivity index (χ2v) is 6.30. The molecule has 2 rings (SSSR count). The molecule has 0 aromatic heterocycles.